The van der Waals surface area contributed by atoms with Gasteiger partial charge in [0.05, 0.1) is 6.04 Å². The molecule has 2 heterocycles. The van der Waals surface area contributed by atoms with Crippen molar-refractivity contribution in [2.24, 2.45) is 0 Å². The summed E-state index contributed by atoms with van der Waals surface area (Å²) >= 11 is 0. The highest BCUT2D eigenvalue weighted by Crippen LogP contribution is 2.44. The summed E-state index contributed by atoms with van der Waals surface area (Å²) in [5.41, 5.74) is 0.129. The fraction of sp³-hybridized carbons (Fsp3) is 0.444. The molecule has 8 nitrogen and oxygen atoms in total. The maximum Gasteiger partial charge on any atom is 0.408 e. The number of carbonyl (C=O) groups excluding carboxylic acids is 3. The number of nitrogens with zero attached hydrogens (tertiary/aromatic N) is 1. The van der Waals surface area contributed by atoms with Crippen LogP contribution in [0.15, 0.2) is 54.6 Å². The largest absolute Gasteiger partial charge is 0.487 e. The Morgan fingerprint density at radius 3 is 2.40 bits per heavy atom. The number of hydrogen-bond acceptors (Lipinski definition) is 5. The highest BCUT2D eigenvalue weighted by atomic mass is 16.5. The van der Waals surface area contributed by atoms with Crippen LogP contribution in [0.5, 0.6) is 5.75 Å². The lowest BCUT2D eigenvalue weighted by Crippen LogP contribution is -2.57. The van der Waals surface area contributed by atoms with E-state index in [0.29, 0.717) is 32.4 Å². The second-order valence-electron chi connectivity index (χ2n) is 9.87. The zero-order chi connectivity index (χ0) is 25.1. The molecule has 186 valence electrons. The molecule has 4 rings (SSSR count). The van der Waals surface area contributed by atoms with Crippen LogP contribution in [0.1, 0.15) is 57.2 Å². The van der Waals surface area contributed by atoms with E-state index in [1.54, 1.807) is 20.8 Å². The smallest absolute Gasteiger partial charge is 0.408 e. The van der Waals surface area contributed by atoms with E-state index in [-0.39, 0.29) is 24.5 Å². The topological polar surface area (TPSA) is 97.0 Å². The number of ether oxygens (including phenoxy) is 2. The van der Waals surface area contributed by atoms with E-state index in [1.807, 2.05) is 59.5 Å². The second kappa shape index (κ2) is 9.98. The molecule has 1 unspecified atom stereocenters. The van der Waals surface area contributed by atoms with Gasteiger partial charge in [0.1, 0.15) is 23.5 Å². The Labute approximate surface area is 206 Å². The van der Waals surface area contributed by atoms with Crippen molar-refractivity contribution in [1.29, 1.82) is 0 Å². The van der Waals surface area contributed by atoms with Gasteiger partial charge in [-0.15, -0.1) is 0 Å². The molecule has 0 aromatic heterocycles. The van der Waals surface area contributed by atoms with Gasteiger partial charge in [0.25, 0.3) is 0 Å². The van der Waals surface area contributed by atoms with Gasteiger partial charge in [0.15, 0.2) is 0 Å². The predicted molar refractivity (Wildman–Crippen MR) is 131 cm³/mol. The van der Waals surface area contributed by atoms with Crippen molar-refractivity contribution in [1.82, 2.24) is 15.5 Å². The van der Waals surface area contributed by atoms with Crippen molar-refractivity contribution in [3.63, 3.8) is 0 Å². The molecule has 0 aliphatic carbocycles. The van der Waals surface area contributed by atoms with Crippen molar-refractivity contribution >= 4 is 17.9 Å². The Morgan fingerprint density at radius 2 is 1.71 bits per heavy atom. The minimum atomic E-state index is -1.19. The normalized spacial score (nSPS) is 18.7. The maximum absolute atomic E-state index is 13.3. The first-order chi connectivity index (χ1) is 16.7. The van der Waals surface area contributed by atoms with Crippen LogP contribution >= 0.6 is 0 Å². The van der Waals surface area contributed by atoms with E-state index >= 15 is 0 Å². The summed E-state index contributed by atoms with van der Waals surface area (Å²) in [4.78, 5) is 39.3. The van der Waals surface area contributed by atoms with Gasteiger partial charge < -0.3 is 25.0 Å². The molecule has 2 aliphatic heterocycles. The molecule has 35 heavy (non-hydrogen) atoms. The summed E-state index contributed by atoms with van der Waals surface area (Å²) in [6.45, 7) is 6.25. The Hall–Kier alpha value is -3.55. The number of benzene rings is 2. The monoisotopic (exact) mass is 479 g/mol. The summed E-state index contributed by atoms with van der Waals surface area (Å²) < 4.78 is 11.7. The van der Waals surface area contributed by atoms with Crippen molar-refractivity contribution < 1.29 is 23.9 Å². The third-order valence-corrected chi connectivity index (χ3v) is 6.82. The molecular weight excluding hydrogens is 446 g/mol. The Kier molecular flexibility index (Phi) is 7.00. The van der Waals surface area contributed by atoms with E-state index < -0.39 is 17.2 Å². The van der Waals surface area contributed by atoms with Crippen LogP contribution in [-0.4, -0.2) is 47.0 Å². The van der Waals surface area contributed by atoms with Gasteiger partial charge in [-0.3, -0.25) is 9.59 Å². The lowest BCUT2D eigenvalue weighted by atomic mass is 9.80. The molecule has 1 atom stereocenters. The van der Waals surface area contributed by atoms with Crippen LogP contribution in [0, 0.1) is 0 Å². The number of para-hydroxylation sites is 1. The molecule has 8 heteroatoms. The second-order valence-corrected chi connectivity index (χ2v) is 9.87. The van der Waals surface area contributed by atoms with Gasteiger partial charge in [0, 0.05) is 44.8 Å². The number of likely N-dealkylation sites (tertiary alicyclic amines) is 1. The fourth-order valence-electron chi connectivity index (χ4n) is 4.69. The number of hydrogen-bond donors (Lipinski definition) is 2. The van der Waals surface area contributed by atoms with Crippen LogP contribution in [0.2, 0.25) is 0 Å². The van der Waals surface area contributed by atoms with Gasteiger partial charge in [0.2, 0.25) is 11.8 Å². The predicted octanol–water partition coefficient (Wildman–Crippen LogP) is 3.71. The molecule has 1 fully saturated rings. The van der Waals surface area contributed by atoms with E-state index in [0.717, 1.165) is 16.9 Å². The highest BCUT2D eigenvalue weighted by molar-refractivity contribution is 5.89. The summed E-state index contributed by atoms with van der Waals surface area (Å²) in [7, 11) is 0. The van der Waals surface area contributed by atoms with Gasteiger partial charge in [-0.25, -0.2) is 4.79 Å². The third-order valence-electron chi connectivity index (χ3n) is 6.82. The summed E-state index contributed by atoms with van der Waals surface area (Å²) in [5.74, 6) is 0.494. The molecular formula is C27H33N3O5. The number of piperidine rings is 1. The number of nitrogens with one attached hydrogen (secondary N) is 2. The molecule has 2 aliphatic rings. The average molecular weight is 480 g/mol. The zero-order valence-corrected chi connectivity index (χ0v) is 20.5. The molecule has 2 aromatic rings. The lowest BCUT2D eigenvalue weighted by molar-refractivity contribution is -0.133. The lowest BCUT2D eigenvalue weighted by Gasteiger charge is -2.47. The minimum Gasteiger partial charge on any atom is -0.487 e. The summed E-state index contributed by atoms with van der Waals surface area (Å²) in [6.07, 6.45) is 1.33. The van der Waals surface area contributed by atoms with Crippen molar-refractivity contribution in [3.05, 3.63) is 65.7 Å². The molecule has 1 spiro atoms. The van der Waals surface area contributed by atoms with Gasteiger partial charge in [-0.1, -0.05) is 48.5 Å². The number of alkyl carbamates (subject to hydrolysis) is 1. The molecule has 0 radical (unpaired) electrons. The van der Waals surface area contributed by atoms with Crippen LogP contribution in [0.4, 0.5) is 4.79 Å². The third kappa shape index (κ3) is 5.75. The fourth-order valence-corrected chi connectivity index (χ4v) is 4.69. The van der Waals surface area contributed by atoms with Crippen molar-refractivity contribution in [2.45, 2.75) is 63.8 Å². The first kappa shape index (κ1) is 24.6. The van der Waals surface area contributed by atoms with E-state index in [1.165, 1.54) is 0 Å². The minimum absolute atomic E-state index is 0.0629. The molecule has 2 N–H and O–H groups in total. The quantitative estimate of drug-likeness (QED) is 0.682. The van der Waals surface area contributed by atoms with Crippen LogP contribution < -0.4 is 15.4 Å². The van der Waals surface area contributed by atoms with Crippen molar-refractivity contribution in [2.75, 3.05) is 13.1 Å². The van der Waals surface area contributed by atoms with Gasteiger partial charge >= 0.3 is 6.09 Å². The van der Waals surface area contributed by atoms with E-state index in [4.69, 9.17) is 9.47 Å². The van der Waals surface area contributed by atoms with Crippen LogP contribution in [-0.2, 0) is 20.9 Å². The Morgan fingerprint density at radius 1 is 1.06 bits per heavy atom. The SMILES string of the molecule is CC(=O)N1CCC2(CC1)CC(NC(=O)C(C)(C)NC(=O)OCc1ccccc1)c1ccccc1O2. The van der Waals surface area contributed by atoms with E-state index in [2.05, 4.69) is 10.6 Å². The molecule has 0 bridgehead atoms. The summed E-state index contributed by atoms with van der Waals surface area (Å²) in [5, 5.41) is 5.81. The Bertz CT molecular complexity index is 1080. The van der Waals surface area contributed by atoms with Gasteiger partial charge in [-0.05, 0) is 25.5 Å². The van der Waals surface area contributed by atoms with Gasteiger partial charge in [-0.2, -0.15) is 0 Å². The molecule has 3 amide bonds. The molecule has 0 saturated carbocycles. The Balaban J connectivity index is 1.42. The first-order valence-electron chi connectivity index (χ1n) is 12.0. The van der Waals surface area contributed by atoms with Crippen molar-refractivity contribution in [3.8, 4) is 5.75 Å². The first-order valence-corrected chi connectivity index (χ1v) is 12.0. The number of amides is 3. The zero-order valence-electron chi connectivity index (χ0n) is 20.5. The van der Waals surface area contributed by atoms with E-state index in [9.17, 15) is 14.4 Å². The number of rotatable bonds is 5. The van der Waals surface area contributed by atoms with Crippen LogP contribution in [0.25, 0.3) is 0 Å². The average Bonchev–Trinajstić information content (AvgIpc) is 2.83. The standard InChI is InChI=1S/C27H33N3O5/c1-19(31)30-15-13-27(14-16-30)17-22(21-11-7-8-12-23(21)35-27)28-24(32)26(2,3)29-25(33)34-18-20-9-5-4-6-10-20/h4-12,22H,13-18H2,1-3H3,(H,28,32)(H,29,33). The number of fused-ring (bicyclic) bond motifs is 1. The molecule has 2 aromatic carbocycles. The summed E-state index contributed by atoms with van der Waals surface area (Å²) in [6, 6.07) is 16.8. The van der Waals surface area contributed by atoms with Crippen LogP contribution in [0.3, 0.4) is 0 Å². The molecule has 1 saturated heterocycles. The number of carbonyl (C=O) groups is 3. The maximum atomic E-state index is 13.3. The highest BCUT2D eigenvalue weighted by Gasteiger charge is 2.45.